The lowest BCUT2D eigenvalue weighted by atomic mass is 9.96. The summed E-state index contributed by atoms with van der Waals surface area (Å²) in [7, 11) is 0. The van der Waals surface area contributed by atoms with E-state index in [9.17, 15) is 9.59 Å². The minimum Gasteiger partial charge on any atom is -0.377 e. The lowest BCUT2D eigenvalue weighted by molar-refractivity contribution is -0.131. The molecule has 36 heavy (non-hydrogen) atoms. The lowest BCUT2D eigenvalue weighted by Crippen LogP contribution is -2.43. The Morgan fingerprint density at radius 1 is 1.11 bits per heavy atom. The fraction of sp³-hybridized carbons (Fsp3) is 0.346. The Kier molecular flexibility index (Phi) is 7.03. The van der Waals surface area contributed by atoms with Gasteiger partial charge in [-0.05, 0) is 31.0 Å². The first-order valence-corrected chi connectivity index (χ1v) is 12.0. The average molecular weight is 489 g/mol. The predicted octanol–water partition coefficient (Wildman–Crippen LogP) is 2.68. The maximum atomic E-state index is 12.6. The van der Waals surface area contributed by atoms with Crippen LogP contribution in [0.15, 0.2) is 53.1 Å². The molecule has 3 aromatic rings. The van der Waals surface area contributed by atoms with Crippen molar-refractivity contribution in [3.63, 3.8) is 0 Å². The molecule has 0 saturated carbocycles. The summed E-state index contributed by atoms with van der Waals surface area (Å²) in [5, 5.41) is 17.9. The highest BCUT2D eigenvalue weighted by molar-refractivity contribution is 5.96. The maximum absolute atomic E-state index is 12.6. The number of hydrogen-bond acceptors (Lipinski definition) is 8. The van der Waals surface area contributed by atoms with Crippen molar-refractivity contribution in [2.24, 2.45) is 0 Å². The Morgan fingerprint density at radius 3 is 2.58 bits per heavy atom. The molecule has 0 unspecified atom stereocenters. The Bertz CT molecular complexity index is 1230. The number of rotatable bonds is 8. The van der Waals surface area contributed by atoms with Gasteiger partial charge in [-0.1, -0.05) is 35.5 Å². The van der Waals surface area contributed by atoms with E-state index in [2.05, 4.69) is 20.8 Å². The van der Waals surface area contributed by atoms with Crippen LogP contribution < -0.4 is 10.6 Å². The number of anilines is 1. The first-order valence-electron chi connectivity index (χ1n) is 12.0. The van der Waals surface area contributed by atoms with Gasteiger partial charge in [-0.2, -0.15) is 4.98 Å². The SMILES string of the molecule is N=Cc1ccc(-c2noc(C3CCN(C(=O)CNC(=O)c4ccccc4)CC3)n2)cc1NC1COC1. The first-order chi connectivity index (χ1) is 17.6. The molecule has 10 heteroatoms. The molecule has 2 aromatic carbocycles. The fourth-order valence-electron chi connectivity index (χ4n) is 4.34. The fourth-order valence-corrected chi connectivity index (χ4v) is 4.34. The largest absolute Gasteiger partial charge is 0.377 e. The molecule has 186 valence electrons. The molecule has 1 aromatic heterocycles. The third-order valence-corrected chi connectivity index (χ3v) is 6.54. The smallest absolute Gasteiger partial charge is 0.251 e. The summed E-state index contributed by atoms with van der Waals surface area (Å²) in [5.41, 5.74) is 2.96. The quantitative estimate of drug-likeness (QED) is 0.415. The number of piperidine rings is 1. The van der Waals surface area contributed by atoms with Crippen molar-refractivity contribution in [3.8, 4) is 11.4 Å². The number of likely N-dealkylation sites (tertiary alicyclic amines) is 1. The highest BCUT2D eigenvalue weighted by Crippen LogP contribution is 2.30. The van der Waals surface area contributed by atoms with E-state index in [1.165, 1.54) is 6.21 Å². The Labute approximate surface area is 208 Å². The van der Waals surface area contributed by atoms with Crippen LogP contribution in [0.25, 0.3) is 11.4 Å². The van der Waals surface area contributed by atoms with E-state index < -0.39 is 0 Å². The number of benzene rings is 2. The van der Waals surface area contributed by atoms with Gasteiger partial charge in [-0.25, -0.2) is 0 Å². The molecule has 2 fully saturated rings. The number of nitrogens with one attached hydrogen (secondary N) is 3. The van der Waals surface area contributed by atoms with Gasteiger partial charge in [0.1, 0.15) is 0 Å². The zero-order valence-corrected chi connectivity index (χ0v) is 19.8. The van der Waals surface area contributed by atoms with Crippen LogP contribution in [0, 0.1) is 5.41 Å². The number of carbonyl (C=O) groups is 2. The monoisotopic (exact) mass is 488 g/mol. The van der Waals surface area contributed by atoms with Gasteiger partial charge in [0.25, 0.3) is 5.91 Å². The molecule has 5 rings (SSSR count). The van der Waals surface area contributed by atoms with Crippen LogP contribution in [0.5, 0.6) is 0 Å². The number of ether oxygens (including phenoxy) is 1. The van der Waals surface area contributed by atoms with Crippen LogP contribution in [0.1, 0.15) is 40.6 Å². The van der Waals surface area contributed by atoms with Crippen LogP contribution >= 0.6 is 0 Å². The standard InChI is InChI=1S/C26H28N6O4/c27-13-20-7-6-19(12-22(20)29-21-15-35-16-21)24-30-26(36-31-24)18-8-10-32(11-9-18)23(33)14-28-25(34)17-4-2-1-3-5-17/h1-7,12-13,18,21,27,29H,8-11,14-16H2,(H,28,34). The average Bonchev–Trinajstić information content (AvgIpc) is 3.40. The van der Waals surface area contributed by atoms with E-state index in [0.29, 0.717) is 56.4 Å². The van der Waals surface area contributed by atoms with E-state index in [1.54, 1.807) is 29.2 Å². The summed E-state index contributed by atoms with van der Waals surface area (Å²) in [6.45, 7) is 2.39. The van der Waals surface area contributed by atoms with Crippen molar-refractivity contribution in [2.45, 2.75) is 24.8 Å². The summed E-state index contributed by atoms with van der Waals surface area (Å²) in [6.07, 6.45) is 2.73. The molecule has 2 amide bonds. The van der Waals surface area contributed by atoms with Gasteiger partial charge in [0.15, 0.2) is 0 Å². The van der Waals surface area contributed by atoms with Crippen LogP contribution in [-0.4, -0.2) is 72.0 Å². The van der Waals surface area contributed by atoms with E-state index in [4.69, 9.17) is 14.7 Å². The molecule has 10 nitrogen and oxygen atoms in total. The predicted molar refractivity (Wildman–Crippen MR) is 133 cm³/mol. The molecule has 3 N–H and O–H groups in total. The van der Waals surface area contributed by atoms with E-state index in [0.717, 1.165) is 16.8 Å². The van der Waals surface area contributed by atoms with Gasteiger partial charge in [0, 0.05) is 47.6 Å². The number of nitrogens with zero attached hydrogens (tertiary/aromatic N) is 3. The lowest BCUT2D eigenvalue weighted by Gasteiger charge is -2.30. The van der Waals surface area contributed by atoms with Crippen LogP contribution in [0.2, 0.25) is 0 Å². The topological polar surface area (TPSA) is 133 Å². The van der Waals surface area contributed by atoms with Gasteiger partial charge in [-0.3, -0.25) is 9.59 Å². The number of carbonyl (C=O) groups excluding carboxylic acids is 2. The van der Waals surface area contributed by atoms with Crippen molar-refractivity contribution >= 4 is 23.7 Å². The second-order valence-electron chi connectivity index (χ2n) is 8.99. The molecule has 0 radical (unpaired) electrons. The van der Waals surface area contributed by atoms with Crippen molar-refractivity contribution in [3.05, 3.63) is 65.5 Å². The Hall–Kier alpha value is -4.05. The molecule has 3 heterocycles. The summed E-state index contributed by atoms with van der Waals surface area (Å²) in [6, 6.07) is 14.8. The molecule has 0 spiro atoms. The second-order valence-corrected chi connectivity index (χ2v) is 8.99. The molecule has 0 bridgehead atoms. The van der Waals surface area contributed by atoms with Crippen LogP contribution in [0.4, 0.5) is 5.69 Å². The third-order valence-electron chi connectivity index (χ3n) is 6.54. The molecule has 2 saturated heterocycles. The number of aromatic nitrogens is 2. The molecular weight excluding hydrogens is 460 g/mol. The Morgan fingerprint density at radius 2 is 1.89 bits per heavy atom. The zero-order chi connectivity index (χ0) is 24.9. The minimum atomic E-state index is -0.259. The Balaban J connectivity index is 1.16. The zero-order valence-electron chi connectivity index (χ0n) is 19.8. The van der Waals surface area contributed by atoms with Gasteiger partial charge >= 0.3 is 0 Å². The highest BCUT2D eigenvalue weighted by Gasteiger charge is 2.28. The normalized spacial score (nSPS) is 16.3. The van der Waals surface area contributed by atoms with Gasteiger partial charge in [-0.15, -0.1) is 0 Å². The summed E-state index contributed by atoms with van der Waals surface area (Å²) in [4.78, 5) is 31.2. The van der Waals surface area contributed by atoms with Gasteiger partial charge < -0.3 is 30.2 Å². The van der Waals surface area contributed by atoms with Gasteiger partial charge in [0.05, 0.1) is 25.8 Å². The van der Waals surface area contributed by atoms with E-state index in [-0.39, 0.29) is 30.3 Å². The highest BCUT2D eigenvalue weighted by atomic mass is 16.5. The molecule has 0 aliphatic carbocycles. The number of amides is 2. The second kappa shape index (κ2) is 10.7. The van der Waals surface area contributed by atoms with Crippen molar-refractivity contribution in [1.29, 1.82) is 5.41 Å². The molecule has 2 aliphatic heterocycles. The van der Waals surface area contributed by atoms with E-state index >= 15 is 0 Å². The van der Waals surface area contributed by atoms with Crippen molar-refractivity contribution < 1.29 is 18.8 Å². The van der Waals surface area contributed by atoms with Crippen molar-refractivity contribution in [1.82, 2.24) is 20.4 Å². The van der Waals surface area contributed by atoms with Crippen molar-refractivity contribution in [2.75, 3.05) is 38.2 Å². The summed E-state index contributed by atoms with van der Waals surface area (Å²) < 4.78 is 10.8. The summed E-state index contributed by atoms with van der Waals surface area (Å²) in [5.74, 6) is 0.765. The molecule has 0 atom stereocenters. The van der Waals surface area contributed by atoms with Crippen LogP contribution in [-0.2, 0) is 9.53 Å². The van der Waals surface area contributed by atoms with E-state index in [1.807, 2.05) is 24.3 Å². The van der Waals surface area contributed by atoms with Crippen LogP contribution in [0.3, 0.4) is 0 Å². The minimum absolute atomic E-state index is 0.0296. The molecule has 2 aliphatic rings. The van der Waals surface area contributed by atoms with Gasteiger partial charge in [0.2, 0.25) is 17.6 Å². The number of hydrogen-bond donors (Lipinski definition) is 3. The molecular formula is C26H28N6O4. The third kappa shape index (κ3) is 5.28. The summed E-state index contributed by atoms with van der Waals surface area (Å²) >= 11 is 0. The first kappa shape index (κ1) is 23.7. The maximum Gasteiger partial charge on any atom is 0.251 e.